The van der Waals surface area contributed by atoms with E-state index in [-0.39, 0.29) is 34.1 Å². The van der Waals surface area contributed by atoms with Crippen LogP contribution in [-0.2, 0) is 34.1 Å². The summed E-state index contributed by atoms with van der Waals surface area (Å²) >= 11 is 0. The summed E-state index contributed by atoms with van der Waals surface area (Å²) in [6, 6.07) is 4.48. The minimum atomic E-state index is 0. The topological polar surface area (TPSA) is 0 Å². The molecule has 0 unspecified atom stereocenters. The molecule has 0 fully saturated rings. The zero-order chi connectivity index (χ0) is 30.6. The molecule has 2 heteroatoms. The monoisotopic (exact) mass is 642 g/mol. The van der Waals surface area contributed by atoms with Gasteiger partial charge in [-0.05, 0) is 0 Å². The maximum absolute atomic E-state index is 3.25. The van der Waals surface area contributed by atoms with Gasteiger partial charge in [0, 0.05) is 0 Å². The van der Waals surface area contributed by atoms with E-state index in [1.54, 1.807) is 0 Å². The molecule has 0 aliphatic rings. The third-order valence-electron chi connectivity index (χ3n) is 9.67. The van der Waals surface area contributed by atoms with Crippen LogP contribution < -0.4 is 0 Å². The predicted octanol–water partition coefficient (Wildman–Crippen LogP) is 10.3. The van der Waals surface area contributed by atoms with E-state index >= 15 is 0 Å². The van der Waals surface area contributed by atoms with Gasteiger partial charge in [0.2, 0.25) is 0 Å². The van der Waals surface area contributed by atoms with Crippen molar-refractivity contribution in [1.29, 1.82) is 0 Å². The Morgan fingerprint density at radius 2 is 0.524 bits per heavy atom. The van der Waals surface area contributed by atoms with Crippen molar-refractivity contribution in [2.45, 2.75) is 111 Å². The second-order valence-corrected chi connectivity index (χ2v) is 11.8. The molecule has 4 aromatic carbocycles. The van der Waals surface area contributed by atoms with E-state index in [1.165, 1.54) is 89.0 Å². The Morgan fingerprint density at radius 3 is 0.667 bits per heavy atom. The third kappa shape index (κ3) is 8.56. The maximum atomic E-state index is 3.25. The van der Waals surface area contributed by atoms with Crippen LogP contribution in [0.15, 0.2) is 12.1 Å². The fourth-order valence-electron chi connectivity index (χ4n) is 5.27. The molecule has 4 rings (SSSR count). The van der Waals surface area contributed by atoms with Crippen LogP contribution in [0.4, 0.5) is 0 Å². The van der Waals surface area contributed by atoms with Gasteiger partial charge < -0.3 is 0 Å². The summed E-state index contributed by atoms with van der Waals surface area (Å²) in [5.74, 6) is 12.6. The summed E-state index contributed by atoms with van der Waals surface area (Å²) in [5.41, 5.74) is 24.3. The standard InChI is InChI=1S/C22H24.2C9H13.2Fe/c1-13-14(2)18(6)21(17(13)5)11-9-10-12-22-19(7)15(3)16(4)20(22)8;2*1-6-5-7(2)9(4)8(6)3;;/h1-8H3;2*5H,1-4H3;;/q-2;2*-1;2*+2. The van der Waals surface area contributed by atoms with Gasteiger partial charge >= 0.3 is 34.1 Å². The van der Waals surface area contributed by atoms with E-state index in [1.807, 2.05) is 0 Å². The molecule has 0 N–H and O–H groups in total. The second kappa shape index (κ2) is 16.4. The summed E-state index contributed by atoms with van der Waals surface area (Å²) in [7, 11) is 0. The molecule has 0 radical (unpaired) electrons. The molecule has 0 amide bonds. The van der Waals surface area contributed by atoms with Gasteiger partial charge in [0.05, 0.1) is 0 Å². The molecular weight excluding hydrogens is 592 g/mol. The Morgan fingerprint density at radius 1 is 0.333 bits per heavy atom. The van der Waals surface area contributed by atoms with Gasteiger partial charge in [0.25, 0.3) is 0 Å². The summed E-state index contributed by atoms with van der Waals surface area (Å²) in [4.78, 5) is 0. The molecule has 0 nitrogen and oxygen atoms in total. The normalized spacial score (nSPS) is 9.62. The molecule has 0 aromatic heterocycles. The molecule has 4 aromatic rings. The fraction of sp³-hybridized carbons (Fsp3) is 0.400. The molecule has 226 valence electrons. The third-order valence-corrected chi connectivity index (χ3v) is 9.67. The largest absolute Gasteiger partial charge is 2.00 e. The van der Waals surface area contributed by atoms with Crippen LogP contribution in [0.5, 0.6) is 0 Å². The van der Waals surface area contributed by atoms with Crippen LogP contribution in [0.25, 0.3) is 0 Å². The number of hydrogen-bond acceptors (Lipinski definition) is 0. The van der Waals surface area contributed by atoms with Gasteiger partial charge in [0.1, 0.15) is 0 Å². The van der Waals surface area contributed by atoms with Crippen molar-refractivity contribution in [2.75, 3.05) is 0 Å². The van der Waals surface area contributed by atoms with E-state index in [9.17, 15) is 0 Å². The number of hydrogen-bond donors (Lipinski definition) is 0. The molecule has 42 heavy (non-hydrogen) atoms. The first-order chi connectivity index (χ1) is 18.5. The number of aryl methyl sites for hydroxylation is 4. The van der Waals surface area contributed by atoms with Crippen molar-refractivity contribution in [3.8, 4) is 23.7 Å². The quantitative estimate of drug-likeness (QED) is 0.102. The van der Waals surface area contributed by atoms with Crippen LogP contribution in [0.1, 0.15) is 100 Å². The van der Waals surface area contributed by atoms with Gasteiger partial charge in [-0.15, -0.1) is 22.3 Å². The molecule has 0 heterocycles. The minimum absolute atomic E-state index is 0. The van der Waals surface area contributed by atoms with Gasteiger partial charge in [-0.3, -0.25) is 0 Å². The maximum Gasteiger partial charge on any atom is 2.00 e. The fourth-order valence-corrected chi connectivity index (χ4v) is 5.27. The van der Waals surface area contributed by atoms with Crippen LogP contribution in [0.3, 0.4) is 0 Å². The van der Waals surface area contributed by atoms with Crippen LogP contribution in [0.2, 0.25) is 0 Å². The first-order valence-electron chi connectivity index (χ1n) is 14.4. The van der Waals surface area contributed by atoms with Crippen molar-refractivity contribution in [3.05, 3.63) is 112 Å². The number of rotatable bonds is 0. The summed E-state index contributed by atoms with van der Waals surface area (Å²) in [6.07, 6.45) is 0. The Kier molecular flexibility index (Phi) is 15.5. The van der Waals surface area contributed by atoms with Crippen molar-refractivity contribution in [2.24, 2.45) is 0 Å². The molecule has 0 saturated heterocycles. The smallest absolute Gasteiger partial charge is 0.196 e. The molecule has 0 atom stereocenters. The van der Waals surface area contributed by atoms with E-state index in [0.29, 0.717) is 0 Å². The van der Waals surface area contributed by atoms with Crippen LogP contribution >= 0.6 is 0 Å². The first kappa shape index (κ1) is 39.6. The van der Waals surface area contributed by atoms with Crippen molar-refractivity contribution < 1.29 is 34.1 Å². The van der Waals surface area contributed by atoms with Crippen molar-refractivity contribution in [1.82, 2.24) is 0 Å². The van der Waals surface area contributed by atoms with Crippen molar-refractivity contribution >= 4 is 0 Å². The average molecular weight is 643 g/mol. The Bertz CT molecular complexity index is 1420. The summed E-state index contributed by atoms with van der Waals surface area (Å²) in [5, 5.41) is 0. The minimum Gasteiger partial charge on any atom is -0.196 e. The Labute approximate surface area is 279 Å². The van der Waals surface area contributed by atoms with Crippen LogP contribution in [0, 0.1) is 134 Å². The van der Waals surface area contributed by atoms with E-state index in [2.05, 4.69) is 147 Å². The van der Waals surface area contributed by atoms with Gasteiger partial charge in [0.15, 0.2) is 0 Å². The average Bonchev–Trinajstić information content (AvgIpc) is 3.43. The van der Waals surface area contributed by atoms with Crippen LogP contribution in [-0.4, -0.2) is 0 Å². The summed E-state index contributed by atoms with van der Waals surface area (Å²) in [6.45, 7) is 34.6. The second-order valence-electron chi connectivity index (χ2n) is 11.8. The molecule has 0 spiro atoms. The Hall–Kier alpha value is -2.44. The zero-order valence-corrected chi connectivity index (χ0v) is 31.1. The molecule has 0 aliphatic heterocycles. The van der Waals surface area contributed by atoms with E-state index in [4.69, 9.17) is 0 Å². The SMILES string of the molecule is Cc1[cH-]c(C)c(C)c1C.Cc1[cH-]c(C)c(C)c1C.Cc1c(C)c(C)[c-](C#CC#C[c-]2c(C)c(C)c(C)c2C)c1C.[Fe+2].[Fe+2]. The predicted molar refractivity (Wildman–Crippen MR) is 178 cm³/mol. The molecule has 0 saturated carbocycles. The summed E-state index contributed by atoms with van der Waals surface area (Å²) < 4.78 is 0. The van der Waals surface area contributed by atoms with Gasteiger partial charge in [-0.25, -0.2) is 0 Å². The van der Waals surface area contributed by atoms with Gasteiger partial charge in [-0.1, -0.05) is 122 Å². The first-order valence-corrected chi connectivity index (χ1v) is 14.4. The Balaban J connectivity index is 0.000000695. The van der Waals surface area contributed by atoms with Gasteiger partial charge in [-0.2, -0.15) is 103 Å². The van der Waals surface area contributed by atoms with Crippen molar-refractivity contribution in [3.63, 3.8) is 0 Å². The van der Waals surface area contributed by atoms with E-state index in [0.717, 1.165) is 11.1 Å². The molecule has 0 aliphatic carbocycles. The molecule has 0 bridgehead atoms. The zero-order valence-electron chi connectivity index (χ0n) is 28.9. The molecular formula is C40H50Fe2. The van der Waals surface area contributed by atoms with E-state index < -0.39 is 0 Å².